The number of hydrogen-bond donors (Lipinski definition) is 10. The van der Waals surface area contributed by atoms with Crippen molar-refractivity contribution in [3.63, 3.8) is 0 Å². The number of nitrogens with one attached hydrogen (secondary N) is 1. The molecule has 0 spiro atoms. The minimum atomic E-state index is -1.95. The van der Waals surface area contributed by atoms with Crippen LogP contribution in [0, 0.1) is 0 Å². The number of aliphatic hydroxyl groups is 8. The van der Waals surface area contributed by atoms with Gasteiger partial charge in [0, 0.05) is 0 Å². The smallest absolute Gasteiger partial charge is 0.332 e. The third kappa shape index (κ3) is 6.28. The highest BCUT2D eigenvalue weighted by molar-refractivity contribution is 5.73. The van der Waals surface area contributed by atoms with E-state index in [0.717, 1.165) is 0 Å². The standard InChI is InChI=1S/C13H25N3O11/c14-13(25)16-15-1-4(19)7(21)11(5(20)2-17)27-12-10(24)9(23)8(22)6(3-18)26-12/h1,4-12,17-24H,2-3H2,(H3,14,16,25). The second-order valence-electron chi connectivity index (χ2n) is 5.78. The lowest BCUT2D eigenvalue weighted by atomic mass is 9.98. The van der Waals surface area contributed by atoms with Gasteiger partial charge in [0.1, 0.15) is 48.8 Å². The van der Waals surface area contributed by atoms with Crippen molar-refractivity contribution in [3.05, 3.63) is 0 Å². The average molecular weight is 399 g/mol. The molecule has 14 heteroatoms. The lowest BCUT2D eigenvalue weighted by molar-refractivity contribution is -0.326. The SMILES string of the molecule is NC(=O)NN=CC(O)C(O)C(OC1OC(CO)C(O)C(O)C1O)C(O)CO. The number of ether oxygens (including phenoxy) is 2. The van der Waals surface area contributed by atoms with Crippen molar-refractivity contribution < 1.29 is 55.1 Å². The second kappa shape index (κ2) is 10.8. The lowest BCUT2D eigenvalue weighted by Crippen LogP contribution is -2.61. The third-order valence-electron chi connectivity index (χ3n) is 3.79. The van der Waals surface area contributed by atoms with Crippen LogP contribution in [-0.4, -0.2) is 121 Å². The zero-order chi connectivity index (χ0) is 20.7. The van der Waals surface area contributed by atoms with Gasteiger partial charge in [-0.1, -0.05) is 0 Å². The Morgan fingerprint density at radius 2 is 1.81 bits per heavy atom. The van der Waals surface area contributed by atoms with E-state index < -0.39 is 74.4 Å². The van der Waals surface area contributed by atoms with Gasteiger partial charge in [0.15, 0.2) is 6.29 Å². The quantitative estimate of drug-likeness (QED) is 0.129. The van der Waals surface area contributed by atoms with Crippen LogP contribution in [0.5, 0.6) is 0 Å². The van der Waals surface area contributed by atoms with Gasteiger partial charge in [0.2, 0.25) is 0 Å². The molecule has 1 fully saturated rings. The fourth-order valence-corrected chi connectivity index (χ4v) is 2.30. The summed E-state index contributed by atoms with van der Waals surface area (Å²) in [4.78, 5) is 10.5. The molecule has 0 bridgehead atoms. The molecule has 1 heterocycles. The van der Waals surface area contributed by atoms with Crippen LogP contribution in [0.15, 0.2) is 5.10 Å². The van der Waals surface area contributed by atoms with Crippen LogP contribution in [0.25, 0.3) is 0 Å². The van der Waals surface area contributed by atoms with Crippen LogP contribution >= 0.6 is 0 Å². The van der Waals surface area contributed by atoms with Crippen LogP contribution < -0.4 is 11.2 Å². The zero-order valence-electron chi connectivity index (χ0n) is 14.0. The van der Waals surface area contributed by atoms with E-state index in [1.165, 1.54) is 0 Å². The predicted molar refractivity (Wildman–Crippen MR) is 85.0 cm³/mol. The van der Waals surface area contributed by atoms with E-state index in [0.29, 0.717) is 6.21 Å². The van der Waals surface area contributed by atoms with E-state index in [4.69, 9.17) is 25.4 Å². The van der Waals surface area contributed by atoms with Crippen LogP contribution in [0.2, 0.25) is 0 Å². The highest BCUT2D eigenvalue weighted by atomic mass is 16.7. The Kier molecular flexibility index (Phi) is 9.40. The van der Waals surface area contributed by atoms with E-state index in [1.54, 1.807) is 5.43 Å². The van der Waals surface area contributed by atoms with E-state index in [9.17, 15) is 35.4 Å². The monoisotopic (exact) mass is 399 g/mol. The molecule has 0 aromatic rings. The minimum Gasteiger partial charge on any atom is -0.394 e. The number of primary amides is 1. The maximum atomic E-state index is 10.5. The Labute approximate surface area is 153 Å². The van der Waals surface area contributed by atoms with Crippen LogP contribution in [0.1, 0.15) is 0 Å². The Morgan fingerprint density at radius 3 is 2.33 bits per heavy atom. The lowest BCUT2D eigenvalue weighted by Gasteiger charge is -2.42. The van der Waals surface area contributed by atoms with Crippen LogP contribution in [-0.2, 0) is 9.47 Å². The van der Waals surface area contributed by atoms with Crippen molar-refractivity contribution in [1.82, 2.24) is 5.43 Å². The number of hydrazone groups is 1. The number of aliphatic hydroxyl groups excluding tert-OH is 8. The largest absolute Gasteiger partial charge is 0.394 e. The number of hydrogen-bond acceptors (Lipinski definition) is 12. The molecule has 27 heavy (non-hydrogen) atoms. The van der Waals surface area contributed by atoms with Gasteiger partial charge in [0.05, 0.1) is 19.4 Å². The molecular formula is C13H25N3O11. The highest BCUT2D eigenvalue weighted by Gasteiger charge is 2.46. The molecule has 1 aliphatic heterocycles. The summed E-state index contributed by atoms with van der Waals surface area (Å²) in [6.07, 6.45) is -15.0. The molecule has 0 aliphatic carbocycles. The van der Waals surface area contributed by atoms with Crippen molar-refractivity contribution in [2.45, 2.75) is 55.1 Å². The first-order valence-electron chi connectivity index (χ1n) is 7.83. The first-order valence-corrected chi connectivity index (χ1v) is 7.83. The van der Waals surface area contributed by atoms with Crippen molar-refractivity contribution >= 4 is 12.2 Å². The van der Waals surface area contributed by atoms with E-state index >= 15 is 0 Å². The number of urea groups is 1. The maximum absolute atomic E-state index is 10.5. The highest BCUT2D eigenvalue weighted by Crippen LogP contribution is 2.24. The molecule has 0 saturated carbocycles. The molecule has 1 aliphatic rings. The number of nitrogens with two attached hydrogens (primary N) is 1. The van der Waals surface area contributed by atoms with Gasteiger partial charge in [-0.2, -0.15) is 5.10 Å². The number of amides is 2. The fourth-order valence-electron chi connectivity index (χ4n) is 2.30. The summed E-state index contributed by atoms with van der Waals surface area (Å²) in [5, 5.41) is 80.6. The molecule has 11 N–H and O–H groups in total. The molecule has 9 unspecified atom stereocenters. The minimum absolute atomic E-state index is 0.656. The van der Waals surface area contributed by atoms with Gasteiger partial charge in [-0.05, 0) is 0 Å². The van der Waals surface area contributed by atoms with Crippen molar-refractivity contribution in [1.29, 1.82) is 0 Å². The van der Waals surface area contributed by atoms with Gasteiger partial charge in [-0.25, -0.2) is 10.2 Å². The first-order chi connectivity index (χ1) is 12.6. The summed E-state index contributed by atoms with van der Waals surface area (Å²) in [7, 11) is 0. The molecular weight excluding hydrogens is 374 g/mol. The number of nitrogens with zero attached hydrogens (tertiary/aromatic N) is 1. The van der Waals surface area contributed by atoms with E-state index in [-0.39, 0.29) is 0 Å². The molecule has 9 atom stereocenters. The summed E-state index contributed by atoms with van der Waals surface area (Å²) in [5.41, 5.74) is 6.52. The number of carbonyl (C=O) groups excluding carboxylic acids is 1. The molecule has 0 radical (unpaired) electrons. The van der Waals surface area contributed by atoms with Crippen molar-refractivity contribution in [2.75, 3.05) is 13.2 Å². The summed E-state index contributed by atoms with van der Waals surface area (Å²) >= 11 is 0. The summed E-state index contributed by atoms with van der Waals surface area (Å²) in [5.74, 6) is 0. The summed E-state index contributed by atoms with van der Waals surface area (Å²) in [6.45, 7) is -1.67. The van der Waals surface area contributed by atoms with Gasteiger partial charge in [-0.3, -0.25) is 0 Å². The molecule has 0 aromatic heterocycles. The molecule has 2 amide bonds. The third-order valence-corrected chi connectivity index (χ3v) is 3.79. The van der Waals surface area contributed by atoms with Crippen LogP contribution in [0.3, 0.4) is 0 Å². The van der Waals surface area contributed by atoms with Gasteiger partial charge in [-0.15, -0.1) is 0 Å². The Morgan fingerprint density at radius 1 is 1.19 bits per heavy atom. The fraction of sp³-hybridized carbons (Fsp3) is 0.846. The van der Waals surface area contributed by atoms with Gasteiger partial charge < -0.3 is 56.1 Å². The van der Waals surface area contributed by atoms with Crippen molar-refractivity contribution in [3.8, 4) is 0 Å². The van der Waals surface area contributed by atoms with E-state index in [2.05, 4.69) is 5.10 Å². The van der Waals surface area contributed by atoms with Gasteiger partial charge >= 0.3 is 6.03 Å². The average Bonchev–Trinajstić information content (AvgIpc) is 2.64. The molecule has 0 aromatic carbocycles. The van der Waals surface area contributed by atoms with Crippen molar-refractivity contribution in [2.24, 2.45) is 10.8 Å². The zero-order valence-corrected chi connectivity index (χ0v) is 14.0. The number of carbonyl (C=O) groups is 1. The molecule has 14 nitrogen and oxygen atoms in total. The normalized spacial score (nSPS) is 33.4. The Hall–Kier alpha value is -1.46. The summed E-state index contributed by atoms with van der Waals surface area (Å²) in [6, 6.07) is -1.04. The molecule has 158 valence electrons. The Bertz CT molecular complexity index is 494. The topological polar surface area (TPSA) is 248 Å². The maximum Gasteiger partial charge on any atom is 0.332 e. The summed E-state index contributed by atoms with van der Waals surface area (Å²) < 4.78 is 10.2. The van der Waals surface area contributed by atoms with E-state index in [1.807, 2.05) is 0 Å². The molecule has 1 rings (SSSR count). The first kappa shape index (κ1) is 23.6. The Balaban J connectivity index is 2.90. The second-order valence-corrected chi connectivity index (χ2v) is 5.78. The predicted octanol–water partition coefficient (Wildman–Crippen LogP) is -6.10. The number of rotatable bonds is 9. The van der Waals surface area contributed by atoms with Gasteiger partial charge in [0.25, 0.3) is 0 Å². The van der Waals surface area contributed by atoms with Crippen LogP contribution in [0.4, 0.5) is 4.79 Å². The molecule has 1 saturated heterocycles.